The summed E-state index contributed by atoms with van der Waals surface area (Å²) >= 11 is 0. The van der Waals surface area contributed by atoms with Gasteiger partial charge in [-0.25, -0.2) is 4.98 Å². The van der Waals surface area contributed by atoms with Gasteiger partial charge in [-0.3, -0.25) is 4.79 Å². The van der Waals surface area contributed by atoms with Gasteiger partial charge in [-0.1, -0.05) is 18.2 Å². The van der Waals surface area contributed by atoms with E-state index >= 15 is 0 Å². The Hall–Kier alpha value is -3.74. The van der Waals surface area contributed by atoms with Crippen molar-refractivity contribution in [2.45, 2.75) is 0 Å². The highest BCUT2D eigenvalue weighted by molar-refractivity contribution is 6.09. The summed E-state index contributed by atoms with van der Waals surface area (Å²) in [6.45, 7) is 0. The predicted octanol–water partition coefficient (Wildman–Crippen LogP) is 3.83. The molecule has 4 rings (SSSR count). The Kier molecular flexibility index (Phi) is 4.72. The van der Waals surface area contributed by atoms with E-state index in [1.807, 2.05) is 42.1 Å². The first-order chi connectivity index (χ1) is 14.1. The van der Waals surface area contributed by atoms with Gasteiger partial charge in [0.2, 0.25) is 11.5 Å². The van der Waals surface area contributed by atoms with Gasteiger partial charge < -0.3 is 23.8 Å². The van der Waals surface area contributed by atoms with E-state index in [0.717, 1.165) is 16.5 Å². The van der Waals surface area contributed by atoms with Crippen LogP contribution in [0.15, 0.2) is 48.8 Å². The molecule has 0 unspecified atom stereocenters. The van der Waals surface area contributed by atoms with Crippen molar-refractivity contribution in [3.63, 3.8) is 0 Å². The third-order valence-corrected chi connectivity index (χ3v) is 4.87. The average molecular weight is 391 g/mol. The zero-order chi connectivity index (χ0) is 20.5. The number of imidazole rings is 1. The number of methoxy groups -OCH3 is 3. The predicted molar refractivity (Wildman–Crippen MR) is 110 cm³/mol. The van der Waals surface area contributed by atoms with E-state index in [4.69, 9.17) is 14.2 Å². The Bertz CT molecular complexity index is 1180. The molecule has 0 saturated carbocycles. The summed E-state index contributed by atoms with van der Waals surface area (Å²) in [4.78, 5) is 21.0. The number of aromatic amines is 1. The summed E-state index contributed by atoms with van der Waals surface area (Å²) in [6.07, 6.45) is 3.63. The molecular formula is C22H21N3O4. The van der Waals surface area contributed by atoms with E-state index in [1.54, 1.807) is 18.3 Å². The van der Waals surface area contributed by atoms with Crippen LogP contribution >= 0.6 is 0 Å². The first kappa shape index (κ1) is 18.6. The molecule has 0 amide bonds. The Balaban J connectivity index is 1.77. The normalized spacial score (nSPS) is 10.9. The minimum absolute atomic E-state index is 0.231. The van der Waals surface area contributed by atoms with Crippen molar-refractivity contribution in [3.8, 4) is 28.6 Å². The fourth-order valence-corrected chi connectivity index (χ4v) is 3.44. The van der Waals surface area contributed by atoms with Gasteiger partial charge in [0.25, 0.3) is 0 Å². The lowest BCUT2D eigenvalue weighted by molar-refractivity contribution is 0.103. The molecule has 2 aromatic heterocycles. The molecule has 0 saturated heterocycles. The largest absolute Gasteiger partial charge is 0.493 e. The maximum atomic E-state index is 13.1. The fourth-order valence-electron chi connectivity index (χ4n) is 3.44. The standard InChI is InChI=1S/C22H21N3O4/c1-25-12-17(24-22(25)15-11-23-16-8-6-5-7-14(15)16)20(26)13-9-18(27-2)21(29-4)19(10-13)28-3/h5-12,23H,1-4H3. The van der Waals surface area contributed by atoms with Crippen LogP contribution < -0.4 is 14.2 Å². The van der Waals surface area contributed by atoms with Gasteiger partial charge in [0.1, 0.15) is 11.5 Å². The Morgan fingerprint density at radius 3 is 2.38 bits per heavy atom. The van der Waals surface area contributed by atoms with Crippen LogP contribution in [0.25, 0.3) is 22.3 Å². The van der Waals surface area contributed by atoms with Crippen LogP contribution in [0.1, 0.15) is 16.1 Å². The van der Waals surface area contributed by atoms with Gasteiger partial charge in [0, 0.05) is 41.5 Å². The minimum atomic E-state index is -0.231. The summed E-state index contributed by atoms with van der Waals surface area (Å²) < 4.78 is 17.9. The zero-order valence-electron chi connectivity index (χ0n) is 16.6. The second kappa shape index (κ2) is 7.35. The summed E-state index contributed by atoms with van der Waals surface area (Å²) in [6, 6.07) is 11.2. The van der Waals surface area contributed by atoms with Crippen molar-refractivity contribution in [1.82, 2.24) is 14.5 Å². The first-order valence-electron chi connectivity index (χ1n) is 9.02. The van der Waals surface area contributed by atoms with Gasteiger partial charge in [-0.15, -0.1) is 0 Å². The SMILES string of the molecule is COc1cc(C(=O)c2cn(C)c(-c3c[nH]c4ccccc34)n2)cc(OC)c1OC. The smallest absolute Gasteiger partial charge is 0.213 e. The number of ether oxygens (including phenoxy) is 3. The summed E-state index contributed by atoms with van der Waals surface area (Å²) in [7, 11) is 6.42. The van der Waals surface area contributed by atoms with Crippen LogP contribution in [-0.4, -0.2) is 41.6 Å². The summed E-state index contributed by atoms with van der Waals surface area (Å²) in [5.41, 5.74) is 2.69. The number of fused-ring (bicyclic) bond motifs is 1. The molecule has 0 bridgehead atoms. The molecular weight excluding hydrogens is 370 g/mol. The van der Waals surface area contributed by atoms with Gasteiger partial charge in [-0.05, 0) is 18.2 Å². The molecule has 2 heterocycles. The van der Waals surface area contributed by atoms with Crippen LogP contribution in [0.4, 0.5) is 0 Å². The van der Waals surface area contributed by atoms with E-state index in [9.17, 15) is 4.79 Å². The van der Waals surface area contributed by atoms with Gasteiger partial charge in [-0.2, -0.15) is 0 Å². The highest BCUT2D eigenvalue weighted by atomic mass is 16.5. The Morgan fingerprint density at radius 2 is 1.72 bits per heavy atom. The molecule has 0 aliphatic rings. The van der Waals surface area contributed by atoms with E-state index in [0.29, 0.717) is 34.3 Å². The minimum Gasteiger partial charge on any atom is -0.493 e. The Labute approximate surface area is 167 Å². The maximum absolute atomic E-state index is 13.1. The number of para-hydroxylation sites is 1. The number of ketones is 1. The molecule has 148 valence electrons. The van der Waals surface area contributed by atoms with Crippen molar-refractivity contribution >= 4 is 16.7 Å². The monoisotopic (exact) mass is 391 g/mol. The van der Waals surface area contributed by atoms with Crippen LogP contribution in [0, 0.1) is 0 Å². The molecule has 0 fully saturated rings. The molecule has 0 aliphatic heterocycles. The van der Waals surface area contributed by atoms with Gasteiger partial charge >= 0.3 is 0 Å². The lowest BCUT2D eigenvalue weighted by atomic mass is 10.1. The third-order valence-electron chi connectivity index (χ3n) is 4.87. The molecule has 7 nitrogen and oxygen atoms in total. The molecule has 7 heteroatoms. The van der Waals surface area contributed by atoms with Crippen LogP contribution in [-0.2, 0) is 7.05 Å². The highest BCUT2D eigenvalue weighted by Crippen LogP contribution is 2.38. The third kappa shape index (κ3) is 3.10. The highest BCUT2D eigenvalue weighted by Gasteiger charge is 2.21. The molecule has 0 radical (unpaired) electrons. The first-order valence-corrected chi connectivity index (χ1v) is 9.02. The molecule has 2 aromatic carbocycles. The number of carbonyl (C=O) groups is 1. The van der Waals surface area contributed by atoms with E-state index in [1.165, 1.54) is 21.3 Å². The van der Waals surface area contributed by atoms with E-state index in [2.05, 4.69) is 9.97 Å². The summed E-state index contributed by atoms with van der Waals surface area (Å²) in [5, 5.41) is 1.05. The Morgan fingerprint density at radius 1 is 1.03 bits per heavy atom. The number of nitrogens with zero attached hydrogens (tertiary/aromatic N) is 2. The topological polar surface area (TPSA) is 78.4 Å². The lowest BCUT2D eigenvalue weighted by Gasteiger charge is -2.13. The molecule has 1 N–H and O–H groups in total. The number of rotatable bonds is 6. The summed E-state index contributed by atoms with van der Waals surface area (Å²) in [5.74, 6) is 1.75. The number of H-pyrrole nitrogens is 1. The fraction of sp³-hybridized carbons (Fsp3) is 0.182. The number of hydrogen-bond acceptors (Lipinski definition) is 5. The van der Waals surface area contributed by atoms with Gasteiger partial charge in [0.15, 0.2) is 11.5 Å². The van der Waals surface area contributed by atoms with Crippen LogP contribution in [0.2, 0.25) is 0 Å². The second-order valence-electron chi connectivity index (χ2n) is 6.55. The number of carbonyl (C=O) groups excluding carboxylic acids is 1. The number of nitrogens with one attached hydrogen (secondary N) is 1. The van der Waals surface area contributed by atoms with Gasteiger partial charge in [0.05, 0.1) is 21.3 Å². The molecule has 29 heavy (non-hydrogen) atoms. The zero-order valence-corrected chi connectivity index (χ0v) is 16.6. The maximum Gasteiger partial charge on any atom is 0.213 e. The van der Waals surface area contributed by atoms with Crippen molar-refractivity contribution < 1.29 is 19.0 Å². The average Bonchev–Trinajstić information content (AvgIpc) is 3.35. The molecule has 0 atom stereocenters. The molecule has 0 spiro atoms. The second-order valence-corrected chi connectivity index (χ2v) is 6.55. The quantitative estimate of drug-likeness (QED) is 0.506. The van der Waals surface area contributed by atoms with Crippen molar-refractivity contribution in [3.05, 3.63) is 60.0 Å². The van der Waals surface area contributed by atoms with Crippen molar-refractivity contribution in [2.75, 3.05) is 21.3 Å². The van der Waals surface area contributed by atoms with Crippen LogP contribution in [0.5, 0.6) is 17.2 Å². The number of benzene rings is 2. The number of hydrogen-bond donors (Lipinski definition) is 1. The number of aromatic nitrogens is 3. The molecule has 4 aromatic rings. The molecule has 0 aliphatic carbocycles. The number of aryl methyl sites for hydroxylation is 1. The van der Waals surface area contributed by atoms with E-state index < -0.39 is 0 Å². The van der Waals surface area contributed by atoms with Crippen molar-refractivity contribution in [1.29, 1.82) is 0 Å². The van der Waals surface area contributed by atoms with Crippen LogP contribution in [0.3, 0.4) is 0 Å². The van der Waals surface area contributed by atoms with E-state index in [-0.39, 0.29) is 5.78 Å². The van der Waals surface area contributed by atoms with Crippen molar-refractivity contribution in [2.24, 2.45) is 7.05 Å². The lowest BCUT2D eigenvalue weighted by Crippen LogP contribution is -2.04.